The van der Waals surface area contributed by atoms with E-state index >= 15 is 0 Å². The number of piperazine rings is 1. The lowest BCUT2D eigenvalue weighted by Crippen LogP contribution is -2.55. The summed E-state index contributed by atoms with van der Waals surface area (Å²) in [5, 5.41) is 10.1. The van der Waals surface area contributed by atoms with Crippen molar-refractivity contribution in [3.8, 4) is 0 Å². The van der Waals surface area contributed by atoms with Crippen LogP contribution in [0.5, 0.6) is 0 Å². The standard InChI is InChI=1S/C21H30N4O2S2/c1-17-14-24(15-20(26)22-8-6-18-4-2-12-28-18)10-11-25(17)16-21(27)23-9-7-19-5-3-13-29-19/h2-5,12-13,17H,6-11,14-16H2,1H3,(H,22,26)(H,23,27). The van der Waals surface area contributed by atoms with E-state index in [0.29, 0.717) is 26.2 Å². The average Bonchev–Trinajstić information content (AvgIpc) is 3.38. The van der Waals surface area contributed by atoms with Gasteiger partial charge in [0.2, 0.25) is 11.8 Å². The summed E-state index contributed by atoms with van der Waals surface area (Å²) in [6, 6.07) is 8.51. The molecule has 1 aliphatic rings. The Kier molecular flexibility index (Phi) is 8.67. The zero-order valence-corrected chi connectivity index (χ0v) is 18.6. The lowest BCUT2D eigenvalue weighted by Gasteiger charge is -2.39. The minimum Gasteiger partial charge on any atom is -0.355 e. The lowest BCUT2D eigenvalue weighted by atomic mass is 10.2. The quantitative estimate of drug-likeness (QED) is 0.599. The second kappa shape index (κ2) is 11.4. The van der Waals surface area contributed by atoms with Crippen LogP contribution < -0.4 is 10.6 Å². The van der Waals surface area contributed by atoms with Gasteiger partial charge in [0.25, 0.3) is 0 Å². The van der Waals surface area contributed by atoms with Gasteiger partial charge in [-0.05, 0) is 42.7 Å². The van der Waals surface area contributed by atoms with Gasteiger partial charge in [-0.25, -0.2) is 0 Å². The molecule has 1 fully saturated rings. The van der Waals surface area contributed by atoms with Crippen molar-refractivity contribution in [2.24, 2.45) is 0 Å². The number of amides is 2. The fraction of sp³-hybridized carbons (Fsp3) is 0.524. The van der Waals surface area contributed by atoms with E-state index in [9.17, 15) is 9.59 Å². The summed E-state index contributed by atoms with van der Waals surface area (Å²) in [6.45, 7) is 6.76. The van der Waals surface area contributed by atoms with Crippen molar-refractivity contribution in [3.05, 3.63) is 44.8 Å². The van der Waals surface area contributed by atoms with Crippen LogP contribution in [0.2, 0.25) is 0 Å². The van der Waals surface area contributed by atoms with E-state index in [0.717, 1.165) is 32.5 Å². The molecule has 158 valence electrons. The zero-order valence-electron chi connectivity index (χ0n) is 16.9. The highest BCUT2D eigenvalue weighted by Gasteiger charge is 2.26. The molecule has 0 radical (unpaired) electrons. The van der Waals surface area contributed by atoms with Crippen LogP contribution in [-0.4, -0.2) is 73.5 Å². The molecule has 2 aromatic rings. The number of hydrogen-bond acceptors (Lipinski definition) is 6. The maximum atomic E-state index is 12.2. The number of carbonyl (C=O) groups excluding carboxylic acids is 2. The van der Waals surface area contributed by atoms with Gasteiger partial charge in [0.1, 0.15) is 0 Å². The third kappa shape index (κ3) is 7.54. The minimum absolute atomic E-state index is 0.0770. The largest absolute Gasteiger partial charge is 0.355 e. The molecule has 1 atom stereocenters. The fourth-order valence-electron chi connectivity index (χ4n) is 3.51. The molecule has 29 heavy (non-hydrogen) atoms. The van der Waals surface area contributed by atoms with Gasteiger partial charge in [0.05, 0.1) is 13.1 Å². The molecule has 8 heteroatoms. The molecule has 0 aliphatic carbocycles. The van der Waals surface area contributed by atoms with Crippen LogP contribution in [-0.2, 0) is 22.4 Å². The van der Waals surface area contributed by atoms with Crippen molar-refractivity contribution >= 4 is 34.5 Å². The van der Waals surface area contributed by atoms with E-state index < -0.39 is 0 Å². The van der Waals surface area contributed by atoms with Crippen LogP contribution in [0.25, 0.3) is 0 Å². The van der Waals surface area contributed by atoms with Gasteiger partial charge in [-0.2, -0.15) is 0 Å². The third-order valence-corrected chi connectivity index (χ3v) is 6.98. The molecular weight excluding hydrogens is 404 g/mol. The molecule has 0 spiro atoms. The number of nitrogens with zero attached hydrogens (tertiary/aromatic N) is 2. The van der Waals surface area contributed by atoms with Crippen LogP contribution >= 0.6 is 22.7 Å². The predicted octanol–water partition coefficient (Wildman–Crippen LogP) is 1.83. The second-order valence-corrected chi connectivity index (χ2v) is 9.48. The second-order valence-electron chi connectivity index (χ2n) is 7.41. The molecule has 0 saturated carbocycles. The molecule has 1 unspecified atom stereocenters. The van der Waals surface area contributed by atoms with Gasteiger partial charge in [-0.1, -0.05) is 12.1 Å². The fourth-order valence-corrected chi connectivity index (χ4v) is 4.93. The first kappa shape index (κ1) is 22.0. The number of carbonyl (C=O) groups is 2. The molecule has 3 heterocycles. The normalized spacial score (nSPS) is 17.9. The van der Waals surface area contributed by atoms with Crippen molar-refractivity contribution in [2.75, 3.05) is 45.8 Å². The zero-order chi connectivity index (χ0) is 20.5. The molecular formula is C21H30N4O2S2. The van der Waals surface area contributed by atoms with Crippen molar-refractivity contribution < 1.29 is 9.59 Å². The Labute approximate surface area is 180 Å². The smallest absolute Gasteiger partial charge is 0.234 e. The Balaban J connectivity index is 1.29. The highest BCUT2D eigenvalue weighted by atomic mass is 32.1. The van der Waals surface area contributed by atoms with Gasteiger partial charge in [0, 0.05) is 48.5 Å². The molecule has 1 aliphatic heterocycles. The van der Waals surface area contributed by atoms with Gasteiger partial charge in [-0.3, -0.25) is 19.4 Å². The minimum atomic E-state index is 0.0770. The number of rotatable bonds is 10. The number of hydrogen-bond donors (Lipinski definition) is 2. The van der Waals surface area contributed by atoms with Crippen LogP contribution in [0.4, 0.5) is 0 Å². The summed E-state index contributed by atoms with van der Waals surface area (Å²) in [5.41, 5.74) is 0. The van der Waals surface area contributed by atoms with Crippen LogP contribution in [0.15, 0.2) is 35.0 Å². The summed E-state index contributed by atoms with van der Waals surface area (Å²) in [6.07, 6.45) is 1.77. The highest BCUT2D eigenvalue weighted by Crippen LogP contribution is 2.10. The van der Waals surface area contributed by atoms with E-state index in [1.807, 2.05) is 12.1 Å². The maximum absolute atomic E-state index is 12.2. The molecule has 2 N–H and O–H groups in total. The molecule has 6 nitrogen and oxygen atoms in total. The molecule has 0 aromatic carbocycles. The average molecular weight is 435 g/mol. The Morgan fingerprint density at radius 3 is 2.07 bits per heavy atom. The lowest BCUT2D eigenvalue weighted by molar-refractivity contribution is -0.125. The summed E-state index contributed by atoms with van der Waals surface area (Å²) < 4.78 is 0. The molecule has 0 bridgehead atoms. The summed E-state index contributed by atoms with van der Waals surface area (Å²) in [7, 11) is 0. The molecule has 2 amide bonds. The van der Waals surface area contributed by atoms with E-state index in [4.69, 9.17) is 0 Å². The number of thiophene rings is 2. The van der Waals surface area contributed by atoms with Gasteiger partial charge >= 0.3 is 0 Å². The van der Waals surface area contributed by atoms with Gasteiger partial charge in [-0.15, -0.1) is 22.7 Å². The first-order chi connectivity index (χ1) is 14.1. The van der Waals surface area contributed by atoms with Crippen molar-refractivity contribution in [1.29, 1.82) is 0 Å². The predicted molar refractivity (Wildman–Crippen MR) is 120 cm³/mol. The van der Waals surface area contributed by atoms with Crippen LogP contribution in [0.3, 0.4) is 0 Å². The van der Waals surface area contributed by atoms with E-state index in [-0.39, 0.29) is 17.9 Å². The Bertz CT molecular complexity index is 749. The van der Waals surface area contributed by atoms with E-state index in [1.165, 1.54) is 9.75 Å². The topological polar surface area (TPSA) is 64.7 Å². The SMILES string of the molecule is CC1CN(CC(=O)NCCc2cccs2)CCN1CC(=O)NCCc1cccs1. The van der Waals surface area contributed by atoms with Crippen molar-refractivity contribution in [3.63, 3.8) is 0 Å². The molecule has 2 aromatic heterocycles. The Morgan fingerprint density at radius 1 is 0.966 bits per heavy atom. The molecule has 1 saturated heterocycles. The Morgan fingerprint density at radius 2 is 1.55 bits per heavy atom. The molecule has 3 rings (SSSR count). The first-order valence-corrected chi connectivity index (χ1v) is 11.9. The maximum Gasteiger partial charge on any atom is 0.234 e. The first-order valence-electron chi connectivity index (χ1n) is 10.1. The van der Waals surface area contributed by atoms with Crippen LogP contribution in [0, 0.1) is 0 Å². The van der Waals surface area contributed by atoms with E-state index in [2.05, 4.69) is 50.2 Å². The van der Waals surface area contributed by atoms with Crippen molar-refractivity contribution in [2.45, 2.75) is 25.8 Å². The summed E-state index contributed by atoms with van der Waals surface area (Å²) in [5.74, 6) is 0.154. The van der Waals surface area contributed by atoms with E-state index in [1.54, 1.807) is 22.7 Å². The Hall–Kier alpha value is -1.74. The number of nitrogens with one attached hydrogen (secondary N) is 2. The van der Waals surface area contributed by atoms with Crippen molar-refractivity contribution in [1.82, 2.24) is 20.4 Å². The van der Waals surface area contributed by atoms with Gasteiger partial charge in [0.15, 0.2) is 0 Å². The summed E-state index contributed by atoms with van der Waals surface area (Å²) in [4.78, 5) is 31.4. The highest BCUT2D eigenvalue weighted by molar-refractivity contribution is 7.10. The third-order valence-electron chi connectivity index (χ3n) is 5.11. The van der Waals surface area contributed by atoms with Crippen LogP contribution in [0.1, 0.15) is 16.7 Å². The monoisotopic (exact) mass is 434 g/mol. The van der Waals surface area contributed by atoms with Gasteiger partial charge < -0.3 is 10.6 Å². The summed E-state index contributed by atoms with van der Waals surface area (Å²) >= 11 is 3.44.